The molecule has 0 aliphatic heterocycles. The number of aromatic nitrogens is 1. The van der Waals surface area contributed by atoms with Gasteiger partial charge in [0, 0.05) is 24.3 Å². The second-order valence-corrected chi connectivity index (χ2v) is 10.6. The summed E-state index contributed by atoms with van der Waals surface area (Å²) < 4.78 is 28.2. The van der Waals surface area contributed by atoms with Crippen molar-refractivity contribution < 1.29 is 13.2 Å². The largest absolute Gasteiger partial charge is 0.322 e. The Labute approximate surface area is 174 Å². The molecule has 1 aromatic heterocycles. The Kier molecular flexibility index (Phi) is 5.42. The van der Waals surface area contributed by atoms with Crippen molar-refractivity contribution in [1.29, 1.82) is 0 Å². The minimum absolute atomic E-state index is 0.0632. The Morgan fingerprint density at radius 2 is 1.83 bits per heavy atom. The fourth-order valence-corrected chi connectivity index (χ4v) is 6.01. The molecule has 1 saturated carbocycles. The molecule has 1 fully saturated rings. The normalized spacial score (nSPS) is 15.3. The van der Waals surface area contributed by atoms with Gasteiger partial charge in [-0.3, -0.25) is 4.79 Å². The maximum atomic E-state index is 12.8. The molecular formula is C21H23N3O3S2. The van der Waals surface area contributed by atoms with E-state index in [1.807, 2.05) is 25.1 Å². The van der Waals surface area contributed by atoms with Gasteiger partial charge in [-0.1, -0.05) is 12.8 Å². The van der Waals surface area contributed by atoms with Crippen LogP contribution in [0.2, 0.25) is 0 Å². The number of nitrogens with zero attached hydrogens (tertiary/aromatic N) is 2. The van der Waals surface area contributed by atoms with Crippen molar-refractivity contribution in [2.45, 2.75) is 43.5 Å². The number of hydrogen-bond acceptors (Lipinski definition) is 5. The first kappa shape index (κ1) is 20.0. The van der Waals surface area contributed by atoms with Gasteiger partial charge in [-0.15, -0.1) is 11.3 Å². The average Bonchev–Trinajstić information content (AvgIpc) is 3.36. The Bertz CT molecular complexity index is 1150. The van der Waals surface area contributed by atoms with Crippen molar-refractivity contribution in [1.82, 2.24) is 9.29 Å². The Morgan fingerprint density at radius 3 is 2.52 bits per heavy atom. The summed E-state index contributed by atoms with van der Waals surface area (Å²) >= 11 is 1.57. The smallest absolute Gasteiger partial charge is 0.255 e. The van der Waals surface area contributed by atoms with E-state index in [-0.39, 0.29) is 16.8 Å². The third-order valence-corrected chi connectivity index (χ3v) is 8.24. The van der Waals surface area contributed by atoms with Crippen LogP contribution in [0.25, 0.3) is 10.2 Å². The van der Waals surface area contributed by atoms with Crippen LogP contribution >= 0.6 is 11.3 Å². The van der Waals surface area contributed by atoms with Crippen molar-refractivity contribution in [2.24, 2.45) is 0 Å². The first-order valence-corrected chi connectivity index (χ1v) is 11.9. The van der Waals surface area contributed by atoms with Gasteiger partial charge >= 0.3 is 0 Å². The van der Waals surface area contributed by atoms with Gasteiger partial charge < -0.3 is 5.32 Å². The van der Waals surface area contributed by atoms with Gasteiger partial charge in [-0.05, 0) is 62.2 Å². The van der Waals surface area contributed by atoms with Crippen molar-refractivity contribution in [3.63, 3.8) is 0 Å². The minimum atomic E-state index is -3.55. The number of thiazole rings is 1. The number of anilines is 1. The number of rotatable bonds is 5. The molecule has 6 nitrogen and oxygen atoms in total. The quantitative estimate of drug-likeness (QED) is 0.651. The molecule has 1 heterocycles. The highest BCUT2D eigenvalue weighted by Crippen LogP contribution is 2.28. The lowest BCUT2D eigenvalue weighted by atomic mass is 10.2. The average molecular weight is 430 g/mol. The molecule has 3 aromatic rings. The fourth-order valence-electron chi connectivity index (χ4n) is 3.73. The molecule has 0 spiro atoms. The molecule has 0 radical (unpaired) electrons. The van der Waals surface area contributed by atoms with Crippen LogP contribution in [0.3, 0.4) is 0 Å². The Balaban J connectivity index is 1.49. The SMILES string of the molecule is Cc1nc2ccc(NC(=O)c3ccc(S(=O)(=O)N(C)C4CCCC4)cc3)cc2s1. The van der Waals surface area contributed by atoms with Crippen LogP contribution in [0, 0.1) is 6.92 Å². The molecule has 0 unspecified atom stereocenters. The zero-order chi connectivity index (χ0) is 20.6. The number of amides is 1. The lowest BCUT2D eigenvalue weighted by molar-refractivity contribution is 0.102. The van der Waals surface area contributed by atoms with Crippen LogP contribution in [0.15, 0.2) is 47.4 Å². The van der Waals surface area contributed by atoms with Crippen LogP contribution in [0.1, 0.15) is 41.0 Å². The fraction of sp³-hybridized carbons (Fsp3) is 0.333. The number of nitrogens with one attached hydrogen (secondary N) is 1. The Hall–Kier alpha value is -2.29. The molecule has 1 N–H and O–H groups in total. The lowest BCUT2D eigenvalue weighted by Crippen LogP contribution is -2.35. The van der Waals surface area contributed by atoms with E-state index in [2.05, 4.69) is 10.3 Å². The molecule has 1 amide bonds. The van der Waals surface area contributed by atoms with Gasteiger partial charge in [0.2, 0.25) is 10.0 Å². The molecule has 1 aliphatic carbocycles. The highest BCUT2D eigenvalue weighted by Gasteiger charge is 2.30. The van der Waals surface area contributed by atoms with E-state index in [1.165, 1.54) is 16.4 Å². The summed E-state index contributed by atoms with van der Waals surface area (Å²) in [6.07, 6.45) is 3.94. The Morgan fingerprint density at radius 1 is 1.14 bits per heavy atom. The van der Waals surface area contributed by atoms with E-state index >= 15 is 0 Å². The predicted octanol–water partition coefficient (Wildman–Crippen LogP) is 4.42. The van der Waals surface area contributed by atoms with E-state index in [0.29, 0.717) is 11.3 Å². The molecule has 4 rings (SSSR count). The van der Waals surface area contributed by atoms with Gasteiger partial charge in [0.05, 0.1) is 20.1 Å². The van der Waals surface area contributed by atoms with Crippen LogP contribution in [0.5, 0.6) is 0 Å². The standard InChI is InChI=1S/C21H23N3O3S2/c1-14-22-19-12-9-16(13-20(19)28-14)23-21(25)15-7-10-18(11-8-15)29(26,27)24(2)17-5-3-4-6-17/h7-13,17H,3-6H2,1-2H3,(H,23,25). The van der Waals surface area contributed by atoms with E-state index in [9.17, 15) is 13.2 Å². The first-order valence-electron chi connectivity index (χ1n) is 9.61. The molecule has 29 heavy (non-hydrogen) atoms. The van der Waals surface area contributed by atoms with Gasteiger partial charge in [-0.25, -0.2) is 13.4 Å². The zero-order valence-corrected chi connectivity index (χ0v) is 18.0. The third-order valence-electron chi connectivity index (χ3n) is 5.39. The second-order valence-electron chi connectivity index (χ2n) is 7.35. The van der Waals surface area contributed by atoms with Crippen molar-refractivity contribution >= 4 is 43.2 Å². The number of carbonyl (C=O) groups excluding carboxylic acids is 1. The van der Waals surface area contributed by atoms with Crippen LogP contribution in [-0.4, -0.2) is 36.7 Å². The van der Waals surface area contributed by atoms with Gasteiger partial charge in [-0.2, -0.15) is 4.31 Å². The maximum Gasteiger partial charge on any atom is 0.255 e. The zero-order valence-electron chi connectivity index (χ0n) is 16.4. The third kappa shape index (κ3) is 4.05. The summed E-state index contributed by atoms with van der Waals surface area (Å²) in [5, 5.41) is 3.84. The number of aryl methyl sites for hydroxylation is 1. The van der Waals surface area contributed by atoms with Crippen molar-refractivity contribution in [3.05, 3.63) is 53.0 Å². The van der Waals surface area contributed by atoms with E-state index in [1.54, 1.807) is 30.5 Å². The highest BCUT2D eigenvalue weighted by atomic mass is 32.2. The van der Waals surface area contributed by atoms with Gasteiger partial charge in [0.15, 0.2) is 0 Å². The summed E-state index contributed by atoms with van der Waals surface area (Å²) in [4.78, 5) is 17.2. The lowest BCUT2D eigenvalue weighted by Gasteiger charge is -2.23. The molecule has 0 bridgehead atoms. The molecule has 8 heteroatoms. The number of carbonyl (C=O) groups is 1. The number of hydrogen-bond donors (Lipinski definition) is 1. The number of fused-ring (bicyclic) bond motifs is 1. The topological polar surface area (TPSA) is 79.4 Å². The second kappa shape index (κ2) is 7.85. The number of sulfonamides is 1. The van der Waals surface area contributed by atoms with Crippen molar-refractivity contribution in [3.8, 4) is 0 Å². The number of benzene rings is 2. The summed E-state index contributed by atoms with van der Waals surface area (Å²) in [6.45, 7) is 1.95. The van der Waals surface area contributed by atoms with E-state index in [0.717, 1.165) is 40.9 Å². The maximum absolute atomic E-state index is 12.8. The minimum Gasteiger partial charge on any atom is -0.322 e. The molecule has 1 aliphatic rings. The summed E-state index contributed by atoms with van der Waals surface area (Å²) in [7, 11) is -1.91. The monoisotopic (exact) mass is 429 g/mol. The molecule has 2 aromatic carbocycles. The first-order chi connectivity index (χ1) is 13.8. The molecule has 0 saturated heterocycles. The predicted molar refractivity (Wildman–Crippen MR) is 116 cm³/mol. The van der Waals surface area contributed by atoms with Crippen LogP contribution in [0.4, 0.5) is 5.69 Å². The summed E-state index contributed by atoms with van der Waals surface area (Å²) in [5.41, 5.74) is 2.00. The summed E-state index contributed by atoms with van der Waals surface area (Å²) in [6, 6.07) is 11.8. The van der Waals surface area contributed by atoms with E-state index < -0.39 is 10.0 Å². The molecule has 0 atom stereocenters. The highest BCUT2D eigenvalue weighted by molar-refractivity contribution is 7.89. The molecule has 152 valence electrons. The van der Waals surface area contributed by atoms with Gasteiger partial charge in [0.1, 0.15) is 0 Å². The molecular weight excluding hydrogens is 406 g/mol. The van der Waals surface area contributed by atoms with Crippen molar-refractivity contribution in [2.75, 3.05) is 12.4 Å². The van der Waals surface area contributed by atoms with Crippen LogP contribution in [-0.2, 0) is 10.0 Å². The van der Waals surface area contributed by atoms with Crippen LogP contribution < -0.4 is 5.32 Å². The summed E-state index contributed by atoms with van der Waals surface area (Å²) in [5.74, 6) is -0.279. The van der Waals surface area contributed by atoms with Gasteiger partial charge in [0.25, 0.3) is 5.91 Å². The van der Waals surface area contributed by atoms with E-state index in [4.69, 9.17) is 0 Å².